The number of anilines is 2. The van der Waals surface area contributed by atoms with Gasteiger partial charge in [0.25, 0.3) is 0 Å². The SMILES string of the molecule is C=C1[C@H](CC(=O)Nc2ccccc2)N=C(c2ccc(Cl)cc2)c2cc(OC)ccc2N1/C(C)=N\N. The number of methoxy groups -OCH3 is 1. The van der Waals surface area contributed by atoms with E-state index in [2.05, 4.69) is 17.0 Å². The highest BCUT2D eigenvalue weighted by Crippen LogP contribution is 2.36. The highest BCUT2D eigenvalue weighted by Gasteiger charge is 2.31. The molecule has 0 aliphatic carbocycles. The molecule has 3 N–H and O–H groups in total. The maximum atomic E-state index is 13.0. The lowest BCUT2D eigenvalue weighted by Crippen LogP contribution is -2.34. The summed E-state index contributed by atoms with van der Waals surface area (Å²) in [6, 6.07) is 21.8. The van der Waals surface area contributed by atoms with E-state index in [1.807, 2.05) is 65.6 Å². The van der Waals surface area contributed by atoms with Crippen LogP contribution in [0.5, 0.6) is 5.75 Å². The number of hydrogen-bond donors (Lipinski definition) is 2. The van der Waals surface area contributed by atoms with Crippen molar-refractivity contribution in [3.05, 3.63) is 101 Å². The Bertz CT molecular complexity index is 1300. The molecule has 7 nitrogen and oxygen atoms in total. The summed E-state index contributed by atoms with van der Waals surface area (Å²) in [6.45, 7) is 6.09. The topological polar surface area (TPSA) is 92.3 Å². The Morgan fingerprint density at radius 3 is 2.54 bits per heavy atom. The summed E-state index contributed by atoms with van der Waals surface area (Å²) in [6.07, 6.45) is 0.0737. The summed E-state index contributed by atoms with van der Waals surface area (Å²) in [4.78, 5) is 19.9. The number of amidine groups is 1. The standard InChI is InChI=1S/C27H26ClN5O2/c1-17-24(16-26(34)30-21-7-5-4-6-8-21)31-27(19-9-11-20(28)12-10-19)23-15-22(35-3)13-14-25(23)33(17)18(2)32-29/h4-15,24H,1,16,29H2,2-3H3,(H,30,34)/b32-18-/t24-/m0/s1. The number of nitrogens with one attached hydrogen (secondary N) is 1. The molecular formula is C27H26ClN5O2. The molecule has 0 saturated carbocycles. The molecule has 1 aliphatic rings. The Morgan fingerprint density at radius 2 is 1.89 bits per heavy atom. The highest BCUT2D eigenvalue weighted by atomic mass is 35.5. The molecule has 4 rings (SSSR count). The molecule has 8 heteroatoms. The number of hydrazone groups is 1. The zero-order chi connectivity index (χ0) is 24.9. The van der Waals surface area contributed by atoms with E-state index in [-0.39, 0.29) is 12.3 Å². The van der Waals surface area contributed by atoms with Crippen LogP contribution < -0.4 is 20.8 Å². The zero-order valence-corrected chi connectivity index (χ0v) is 20.3. The van der Waals surface area contributed by atoms with Crippen LogP contribution in [0.3, 0.4) is 0 Å². The second-order valence-electron chi connectivity index (χ2n) is 8.00. The van der Waals surface area contributed by atoms with E-state index in [9.17, 15) is 4.79 Å². The van der Waals surface area contributed by atoms with Crippen molar-refractivity contribution in [2.45, 2.75) is 19.4 Å². The quantitative estimate of drug-likeness (QED) is 0.223. The van der Waals surface area contributed by atoms with Crippen molar-refractivity contribution >= 4 is 40.4 Å². The smallest absolute Gasteiger partial charge is 0.226 e. The molecule has 1 atom stereocenters. The van der Waals surface area contributed by atoms with Crippen molar-refractivity contribution in [2.24, 2.45) is 15.9 Å². The van der Waals surface area contributed by atoms with Gasteiger partial charge in [0.2, 0.25) is 5.91 Å². The monoisotopic (exact) mass is 487 g/mol. The fourth-order valence-corrected chi connectivity index (χ4v) is 4.11. The number of carbonyl (C=O) groups is 1. The lowest BCUT2D eigenvalue weighted by Gasteiger charge is -2.28. The molecule has 178 valence electrons. The summed E-state index contributed by atoms with van der Waals surface area (Å²) in [5.41, 5.74) is 4.39. The van der Waals surface area contributed by atoms with Gasteiger partial charge in [0, 0.05) is 27.5 Å². The molecule has 0 spiro atoms. The van der Waals surface area contributed by atoms with Crippen LogP contribution in [-0.2, 0) is 4.79 Å². The van der Waals surface area contributed by atoms with Crippen LogP contribution in [0.25, 0.3) is 0 Å². The molecule has 0 saturated heterocycles. The number of aliphatic imine (C=N–C) groups is 1. The van der Waals surface area contributed by atoms with Crippen molar-refractivity contribution in [1.29, 1.82) is 0 Å². The maximum Gasteiger partial charge on any atom is 0.226 e. The van der Waals surface area contributed by atoms with Gasteiger partial charge in [0.1, 0.15) is 11.6 Å². The van der Waals surface area contributed by atoms with E-state index < -0.39 is 6.04 Å². The van der Waals surface area contributed by atoms with Crippen molar-refractivity contribution in [2.75, 3.05) is 17.3 Å². The largest absolute Gasteiger partial charge is 0.497 e. The first kappa shape index (κ1) is 24.0. The maximum absolute atomic E-state index is 13.0. The third kappa shape index (κ3) is 5.20. The molecule has 0 radical (unpaired) electrons. The minimum absolute atomic E-state index is 0.0737. The molecule has 35 heavy (non-hydrogen) atoms. The van der Waals surface area contributed by atoms with Crippen LogP contribution in [0.4, 0.5) is 11.4 Å². The van der Waals surface area contributed by atoms with Gasteiger partial charge in [-0.3, -0.25) is 14.7 Å². The summed E-state index contributed by atoms with van der Waals surface area (Å²) < 4.78 is 5.49. The van der Waals surface area contributed by atoms with E-state index in [0.717, 1.165) is 16.8 Å². The molecule has 3 aromatic rings. The number of nitrogens with zero attached hydrogens (tertiary/aromatic N) is 3. The van der Waals surface area contributed by atoms with Crippen molar-refractivity contribution in [3.8, 4) is 5.75 Å². The molecule has 1 amide bonds. The predicted octanol–water partition coefficient (Wildman–Crippen LogP) is 5.21. The van der Waals surface area contributed by atoms with E-state index in [1.165, 1.54) is 0 Å². The average Bonchev–Trinajstić information content (AvgIpc) is 2.98. The number of halogens is 1. The van der Waals surface area contributed by atoms with Gasteiger partial charge in [-0.25, -0.2) is 0 Å². The van der Waals surface area contributed by atoms with Gasteiger partial charge in [-0.2, -0.15) is 5.10 Å². The van der Waals surface area contributed by atoms with Crippen LogP contribution in [0, 0.1) is 0 Å². The minimum atomic E-state index is -0.584. The van der Waals surface area contributed by atoms with Crippen LogP contribution in [-0.4, -0.2) is 30.6 Å². The fourth-order valence-electron chi connectivity index (χ4n) is 3.98. The third-order valence-corrected chi connectivity index (χ3v) is 5.97. The number of benzene rings is 3. The molecule has 0 aromatic heterocycles. The molecule has 1 heterocycles. The van der Waals surface area contributed by atoms with E-state index in [0.29, 0.717) is 33.7 Å². The third-order valence-electron chi connectivity index (χ3n) is 5.72. The number of carbonyl (C=O) groups excluding carboxylic acids is 1. The van der Waals surface area contributed by atoms with E-state index in [4.69, 9.17) is 27.2 Å². The fraction of sp³-hybridized carbons (Fsp3) is 0.148. The summed E-state index contributed by atoms with van der Waals surface area (Å²) in [5, 5.41) is 7.46. The lowest BCUT2D eigenvalue weighted by molar-refractivity contribution is -0.116. The number of para-hydroxylation sites is 1. The van der Waals surface area contributed by atoms with Crippen LogP contribution >= 0.6 is 11.6 Å². The van der Waals surface area contributed by atoms with Crippen LogP contribution in [0.1, 0.15) is 24.5 Å². The first-order valence-corrected chi connectivity index (χ1v) is 11.4. The Balaban J connectivity index is 1.84. The summed E-state index contributed by atoms with van der Waals surface area (Å²) in [5.74, 6) is 6.68. The number of nitrogens with two attached hydrogens (primary N) is 1. The number of benzodiazepines with no additional fused rings is 1. The molecule has 0 fully saturated rings. The van der Waals surface area contributed by atoms with Gasteiger partial charge in [-0.1, -0.05) is 48.5 Å². The highest BCUT2D eigenvalue weighted by molar-refractivity contribution is 6.30. The molecule has 1 aliphatic heterocycles. The number of hydrogen-bond acceptors (Lipinski definition) is 5. The predicted molar refractivity (Wildman–Crippen MR) is 142 cm³/mol. The first-order valence-electron chi connectivity index (χ1n) is 11.0. The number of rotatable bonds is 5. The van der Waals surface area contributed by atoms with Crippen molar-refractivity contribution in [1.82, 2.24) is 0 Å². The van der Waals surface area contributed by atoms with Crippen LogP contribution in [0.2, 0.25) is 5.02 Å². The normalized spacial score (nSPS) is 15.7. The molecule has 0 bridgehead atoms. The Hall–Kier alpha value is -4.10. The van der Waals surface area contributed by atoms with E-state index >= 15 is 0 Å². The minimum Gasteiger partial charge on any atom is -0.497 e. The molecule has 0 unspecified atom stereocenters. The van der Waals surface area contributed by atoms with Gasteiger partial charge in [0.05, 0.1) is 31.0 Å². The van der Waals surface area contributed by atoms with Crippen LogP contribution in [0.15, 0.2) is 95.2 Å². The van der Waals surface area contributed by atoms with Gasteiger partial charge in [0.15, 0.2) is 0 Å². The van der Waals surface area contributed by atoms with Gasteiger partial charge < -0.3 is 15.9 Å². The zero-order valence-electron chi connectivity index (χ0n) is 19.5. The summed E-state index contributed by atoms with van der Waals surface area (Å²) in [7, 11) is 1.61. The number of amides is 1. The second-order valence-corrected chi connectivity index (χ2v) is 8.44. The van der Waals surface area contributed by atoms with Crippen molar-refractivity contribution in [3.63, 3.8) is 0 Å². The van der Waals surface area contributed by atoms with Gasteiger partial charge >= 0.3 is 0 Å². The first-order chi connectivity index (χ1) is 16.9. The Labute approximate surface area is 209 Å². The van der Waals surface area contributed by atoms with Gasteiger partial charge in [-0.15, -0.1) is 0 Å². The Kier molecular flexibility index (Phi) is 7.17. The molecular weight excluding hydrogens is 462 g/mol. The Morgan fingerprint density at radius 1 is 1.17 bits per heavy atom. The van der Waals surface area contributed by atoms with Crippen molar-refractivity contribution < 1.29 is 9.53 Å². The molecule has 3 aromatic carbocycles. The number of ether oxygens (including phenoxy) is 1. The average molecular weight is 488 g/mol. The second kappa shape index (κ2) is 10.4. The summed E-state index contributed by atoms with van der Waals surface area (Å²) >= 11 is 6.15. The van der Waals surface area contributed by atoms with Gasteiger partial charge in [-0.05, 0) is 49.4 Å². The van der Waals surface area contributed by atoms with E-state index in [1.54, 1.807) is 26.2 Å². The lowest BCUT2D eigenvalue weighted by atomic mass is 9.99. The number of fused-ring (bicyclic) bond motifs is 1.